The first kappa shape index (κ1) is 26.9. The Balaban J connectivity index is 1.77. The largest absolute Gasteiger partial charge is 0.509 e. The van der Waals surface area contributed by atoms with Crippen molar-refractivity contribution >= 4 is 26.2 Å². The van der Waals surface area contributed by atoms with Crippen molar-refractivity contribution in [2.75, 3.05) is 0 Å². The Morgan fingerprint density at radius 2 is 1.78 bits per heavy atom. The molecule has 0 radical (unpaired) electrons. The molecule has 10 atom stereocenters. The van der Waals surface area contributed by atoms with E-state index in [-0.39, 0.29) is 39.9 Å². The summed E-state index contributed by atoms with van der Waals surface area (Å²) in [7, 11) is -2.33. The molecule has 206 valence electrons. The van der Waals surface area contributed by atoms with Crippen molar-refractivity contribution in [1.82, 2.24) is 0 Å². The summed E-state index contributed by atoms with van der Waals surface area (Å²) in [5.41, 5.74) is -1.84. The Morgan fingerprint density at radius 3 is 2.35 bits per heavy atom. The third-order valence-electron chi connectivity index (χ3n) is 11.3. The fourth-order valence-electron chi connectivity index (χ4n) is 8.42. The Hall–Kier alpha value is -1.67. The van der Waals surface area contributed by atoms with E-state index >= 15 is 4.79 Å². The minimum absolute atomic E-state index is 0.0156. The number of carbonyl (C=O) groups excluding carboxylic acids is 3. The minimum atomic E-state index is -2.33. The summed E-state index contributed by atoms with van der Waals surface area (Å²) in [6.45, 7) is 22.9. The smallest absolute Gasteiger partial charge is 0.454 e. The molecule has 8 heteroatoms. The zero-order valence-electron chi connectivity index (χ0n) is 24.3. The summed E-state index contributed by atoms with van der Waals surface area (Å²) >= 11 is 0. The van der Waals surface area contributed by atoms with Gasteiger partial charge in [0.05, 0.1) is 11.5 Å². The van der Waals surface area contributed by atoms with Gasteiger partial charge in [-0.3, -0.25) is 9.59 Å². The fraction of sp³-hybridized carbons (Fsp3) is 0.828. The van der Waals surface area contributed by atoms with Crippen molar-refractivity contribution in [3.05, 3.63) is 11.6 Å². The molecule has 4 fully saturated rings. The highest BCUT2D eigenvalue weighted by atomic mass is 28.4. The van der Waals surface area contributed by atoms with Crippen LogP contribution >= 0.6 is 0 Å². The van der Waals surface area contributed by atoms with Crippen LogP contribution < -0.4 is 0 Å². The predicted molar refractivity (Wildman–Crippen MR) is 140 cm³/mol. The molecule has 4 aliphatic carbocycles. The number of ether oxygens (including phenoxy) is 3. The predicted octanol–water partition coefficient (Wildman–Crippen LogP) is 5.68. The van der Waals surface area contributed by atoms with Gasteiger partial charge in [-0.15, -0.1) is 0 Å². The van der Waals surface area contributed by atoms with Gasteiger partial charge in [-0.1, -0.05) is 54.5 Å². The number of carbonyl (C=O) groups is 3. The molecule has 1 saturated heterocycles. The van der Waals surface area contributed by atoms with Gasteiger partial charge in [0.2, 0.25) is 5.60 Å². The van der Waals surface area contributed by atoms with Crippen LogP contribution in [0.2, 0.25) is 18.1 Å². The molecule has 0 aromatic rings. The van der Waals surface area contributed by atoms with E-state index in [4.69, 9.17) is 18.6 Å². The summed E-state index contributed by atoms with van der Waals surface area (Å²) in [4.78, 5) is 40.5. The molecule has 1 heterocycles. The van der Waals surface area contributed by atoms with Crippen molar-refractivity contribution < 1.29 is 33.0 Å². The van der Waals surface area contributed by atoms with Crippen LogP contribution in [0.3, 0.4) is 0 Å². The number of hydrogen-bond acceptors (Lipinski definition) is 7. The van der Waals surface area contributed by atoms with Crippen LogP contribution in [-0.4, -0.2) is 50.1 Å². The molecule has 0 aromatic carbocycles. The lowest BCUT2D eigenvalue weighted by atomic mass is 9.59. The van der Waals surface area contributed by atoms with E-state index < -0.39 is 49.8 Å². The maximum Gasteiger partial charge on any atom is 0.509 e. The summed E-state index contributed by atoms with van der Waals surface area (Å²) in [6, 6.07) is 0. The monoisotopic (exact) mass is 532 g/mol. The van der Waals surface area contributed by atoms with E-state index in [9.17, 15) is 9.59 Å². The summed E-state index contributed by atoms with van der Waals surface area (Å²) in [5, 5.41) is -0.0660. The topological polar surface area (TPSA) is 88.1 Å². The number of ketones is 1. The van der Waals surface area contributed by atoms with Gasteiger partial charge in [0.25, 0.3) is 0 Å². The molecule has 3 saturated carbocycles. The zero-order chi connectivity index (χ0) is 27.7. The van der Waals surface area contributed by atoms with E-state index in [0.29, 0.717) is 5.92 Å². The second kappa shape index (κ2) is 7.71. The van der Waals surface area contributed by atoms with E-state index in [1.54, 1.807) is 0 Å². The molecule has 0 aromatic heterocycles. The normalized spacial score (nSPS) is 45.9. The van der Waals surface area contributed by atoms with Crippen molar-refractivity contribution in [2.45, 2.75) is 111 Å². The first-order valence-corrected chi connectivity index (χ1v) is 16.7. The number of hydrogen-bond donors (Lipinski definition) is 0. The van der Waals surface area contributed by atoms with Crippen LogP contribution in [0.25, 0.3) is 0 Å². The van der Waals surface area contributed by atoms with Crippen LogP contribution in [0.4, 0.5) is 4.79 Å². The number of rotatable bonds is 3. The Bertz CT molecular complexity index is 1090. The maximum absolute atomic E-state index is 15.2. The molecule has 0 N–H and O–H groups in total. The van der Waals surface area contributed by atoms with Crippen LogP contribution in [-0.2, 0) is 28.2 Å². The number of esters is 1. The van der Waals surface area contributed by atoms with Crippen molar-refractivity contribution in [3.8, 4) is 0 Å². The molecular formula is C29H44O7Si. The second-order valence-electron chi connectivity index (χ2n) is 14.6. The average Bonchev–Trinajstić information content (AvgIpc) is 3.03. The van der Waals surface area contributed by atoms with Gasteiger partial charge in [-0.05, 0) is 60.2 Å². The lowest BCUT2D eigenvalue weighted by Crippen LogP contribution is -2.65. The quantitative estimate of drug-likeness (QED) is 0.263. The summed E-state index contributed by atoms with van der Waals surface area (Å²) < 4.78 is 25.2. The number of Topliss-reactive ketones (excluding diaryl/α,β-unsaturated/α-hetero) is 1. The van der Waals surface area contributed by atoms with Crippen molar-refractivity contribution in [2.24, 2.45) is 40.4 Å². The minimum Gasteiger partial charge on any atom is -0.454 e. The first-order valence-electron chi connectivity index (χ1n) is 13.8. The Kier molecular flexibility index (Phi) is 5.61. The molecule has 0 amide bonds. The highest BCUT2D eigenvalue weighted by Gasteiger charge is 2.83. The molecule has 3 unspecified atom stereocenters. The van der Waals surface area contributed by atoms with Crippen LogP contribution in [0.5, 0.6) is 0 Å². The first-order chi connectivity index (χ1) is 16.8. The molecule has 2 bridgehead atoms. The lowest BCUT2D eigenvalue weighted by Gasteiger charge is -2.47. The Labute approximate surface area is 222 Å². The van der Waals surface area contributed by atoms with Crippen LogP contribution in [0, 0.1) is 40.4 Å². The van der Waals surface area contributed by atoms with Gasteiger partial charge in [-0.2, -0.15) is 0 Å². The van der Waals surface area contributed by atoms with Gasteiger partial charge >= 0.3 is 12.1 Å². The van der Waals surface area contributed by atoms with E-state index in [2.05, 4.69) is 54.6 Å². The molecule has 37 heavy (non-hydrogen) atoms. The van der Waals surface area contributed by atoms with Crippen LogP contribution in [0.15, 0.2) is 11.6 Å². The van der Waals surface area contributed by atoms with Gasteiger partial charge in [0, 0.05) is 18.8 Å². The highest BCUT2D eigenvalue weighted by molar-refractivity contribution is 6.74. The third kappa shape index (κ3) is 3.23. The standard InChI is InChI=1S/C29H44O7Si/c1-14-13-28-15(2)12-18-20(27(18,8)9)19(22(28)31)21(36-37(10,11)26(5,6)7)16(3)24-29(28,35-25(32)34-24)23(14)33-17(4)30/h13,15-16,18-21,23-24H,12H2,1-11H3/t15-,16+,18-,19-,20-,21-,23+,24?,28?,29?/m1/s1. The molecule has 1 aliphatic heterocycles. The van der Waals surface area contributed by atoms with E-state index in [1.807, 2.05) is 19.9 Å². The SMILES string of the molecule is CC(=O)O[C@H]1C(C)=CC23C(=O)[C@@H]([C@H](O[Si](C)(C)C(C)(C)C)[C@H](C)C4OC(=O)OC412)[C@H]1[C@@H](C[C@H]3C)C1(C)C. The van der Waals surface area contributed by atoms with Gasteiger partial charge < -0.3 is 18.6 Å². The van der Waals surface area contributed by atoms with Crippen molar-refractivity contribution in [1.29, 1.82) is 0 Å². The highest BCUT2D eigenvalue weighted by Crippen LogP contribution is 2.74. The molecular weight excluding hydrogens is 488 g/mol. The molecule has 2 spiro atoms. The second-order valence-corrected chi connectivity index (χ2v) is 19.4. The van der Waals surface area contributed by atoms with E-state index in [1.165, 1.54) is 6.92 Å². The van der Waals surface area contributed by atoms with Gasteiger partial charge in [0.15, 0.2) is 26.3 Å². The molecule has 5 rings (SSSR count). The average molecular weight is 533 g/mol. The van der Waals surface area contributed by atoms with Crippen molar-refractivity contribution in [3.63, 3.8) is 0 Å². The third-order valence-corrected chi connectivity index (χ3v) is 15.8. The summed E-state index contributed by atoms with van der Waals surface area (Å²) in [6.07, 6.45) is -0.125. The Morgan fingerprint density at radius 1 is 1.16 bits per heavy atom. The molecule has 5 aliphatic rings. The zero-order valence-corrected chi connectivity index (χ0v) is 25.3. The molecule has 7 nitrogen and oxygen atoms in total. The summed E-state index contributed by atoms with van der Waals surface area (Å²) in [5.74, 6) is -0.719. The fourth-order valence-corrected chi connectivity index (χ4v) is 9.82. The number of fused-ring (bicyclic) bond motifs is 3. The van der Waals surface area contributed by atoms with Gasteiger partial charge in [0.1, 0.15) is 0 Å². The maximum atomic E-state index is 15.2. The van der Waals surface area contributed by atoms with Gasteiger partial charge in [-0.25, -0.2) is 4.79 Å². The lowest BCUT2D eigenvalue weighted by molar-refractivity contribution is -0.181. The van der Waals surface area contributed by atoms with E-state index in [0.717, 1.165) is 12.0 Å². The van der Waals surface area contributed by atoms with Crippen LogP contribution in [0.1, 0.15) is 68.7 Å².